The summed E-state index contributed by atoms with van der Waals surface area (Å²) >= 11 is 0. The minimum atomic E-state index is -3.18. The minimum Gasteiger partial charge on any atom is -0.342 e. The average molecular weight is 357 g/mol. The molecule has 1 heterocycles. The minimum absolute atomic E-state index is 0.0742. The number of rotatable bonds is 5. The number of hydrogen-bond acceptors (Lipinski definition) is 3. The highest BCUT2D eigenvalue weighted by Gasteiger charge is 2.31. The predicted octanol–water partition coefficient (Wildman–Crippen LogP) is 2.84. The monoisotopic (exact) mass is 357 g/mol. The molecule has 0 aliphatic carbocycles. The van der Waals surface area contributed by atoms with Gasteiger partial charge in [-0.3, -0.25) is 4.79 Å². The third-order valence-electron chi connectivity index (χ3n) is 4.71. The number of nitrogens with zero attached hydrogens (tertiary/aromatic N) is 1. The van der Waals surface area contributed by atoms with E-state index in [9.17, 15) is 13.2 Å². The second-order valence-electron chi connectivity index (χ2n) is 6.54. The zero-order valence-corrected chi connectivity index (χ0v) is 15.0. The smallest absolute Gasteiger partial charge is 0.226 e. The summed E-state index contributed by atoms with van der Waals surface area (Å²) in [4.78, 5) is 14.2. The van der Waals surface area contributed by atoms with Gasteiger partial charge in [-0.2, -0.15) is 0 Å². The van der Waals surface area contributed by atoms with Crippen molar-refractivity contribution in [1.29, 1.82) is 0 Å². The van der Waals surface area contributed by atoms with Gasteiger partial charge >= 0.3 is 0 Å². The highest BCUT2D eigenvalue weighted by atomic mass is 32.2. The second-order valence-corrected chi connectivity index (χ2v) is 8.82. The fraction of sp³-hybridized carbons (Fsp3) is 0.350. The van der Waals surface area contributed by atoms with Crippen molar-refractivity contribution >= 4 is 15.7 Å². The first-order valence-electron chi connectivity index (χ1n) is 8.62. The Labute approximate surface area is 149 Å². The lowest BCUT2D eigenvalue weighted by Gasteiger charge is -2.32. The van der Waals surface area contributed by atoms with Gasteiger partial charge in [0.1, 0.15) is 0 Å². The third-order valence-corrected chi connectivity index (χ3v) is 6.93. The van der Waals surface area contributed by atoms with E-state index < -0.39 is 9.84 Å². The Bertz CT molecular complexity index is 795. The molecule has 1 aliphatic heterocycles. The van der Waals surface area contributed by atoms with Crippen molar-refractivity contribution < 1.29 is 13.2 Å². The Hall–Kier alpha value is -2.14. The Balaban J connectivity index is 1.55. The Morgan fingerprint density at radius 2 is 1.40 bits per heavy atom. The molecule has 0 atom stereocenters. The van der Waals surface area contributed by atoms with E-state index in [0.29, 0.717) is 32.4 Å². The average Bonchev–Trinajstić information content (AvgIpc) is 2.63. The summed E-state index contributed by atoms with van der Waals surface area (Å²) in [7, 11) is -3.18. The number of likely N-dealkylation sites (tertiary alicyclic amines) is 1. The maximum atomic E-state index is 12.6. The molecule has 0 saturated carbocycles. The molecular weight excluding hydrogens is 334 g/mol. The van der Waals surface area contributed by atoms with Gasteiger partial charge < -0.3 is 4.90 Å². The molecular formula is C20H23NO3S. The van der Waals surface area contributed by atoms with Crippen molar-refractivity contribution in [2.45, 2.75) is 30.3 Å². The summed E-state index contributed by atoms with van der Waals surface area (Å²) in [6.07, 6.45) is 1.42. The van der Waals surface area contributed by atoms with Crippen LogP contribution in [0.3, 0.4) is 0 Å². The van der Waals surface area contributed by atoms with Crippen LogP contribution in [0, 0.1) is 0 Å². The molecule has 0 N–H and O–H groups in total. The van der Waals surface area contributed by atoms with Crippen LogP contribution >= 0.6 is 0 Å². The van der Waals surface area contributed by atoms with Crippen LogP contribution in [0.1, 0.15) is 24.0 Å². The normalized spacial score (nSPS) is 15.9. The Morgan fingerprint density at radius 1 is 0.880 bits per heavy atom. The molecule has 0 radical (unpaired) electrons. The summed E-state index contributed by atoms with van der Waals surface area (Å²) < 4.78 is 25.2. The SMILES string of the molecule is O=C(Cc1ccccc1)N1CCC(S(=O)(=O)Cc2ccccc2)CC1. The van der Waals surface area contributed by atoms with Gasteiger partial charge in [0.2, 0.25) is 5.91 Å². The van der Waals surface area contributed by atoms with Crippen LogP contribution in [0.5, 0.6) is 0 Å². The first-order chi connectivity index (χ1) is 12.0. The van der Waals surface area contributed by atoms with Crippen LogP contribution < -0.4 is 0 Å². The predicted molar refractivity (Wildman–Crippen MR) is 98.8 cm³/mol. The first-order valence-corrected chi connectivity index (χ1v) is 10.3. The van der Waals surface area contributed by atoms with Crippen molar-refractivity contribution in [3.63, 3.8) is 0 Å². The van der Waals surface area contributed by atoms with E-state index in [1.807, 2.05) is 60.7 Å². The van der Waals surface area contributed by atoms with Gasteiger partial charge in [-0.15, -0.1) is 0 Å². The number of carbonyl (C=O) groups excluding carboxylic acids is 1. The number of piperidine rings is 1. The lowest BCUT2D eigenvalue weighted by atomic mass is 10.1. The molecule has 3 rings (SSSR count). The number of hydrogen-bond donors (Lipinski definition) is 0. The van der Waals surface area contributed by atoms with Crippen LogP contribution in [0.15, 0.2) is 60.7 Å². The number of benzene rings is 2. The van der Waals surface area contributed by atoms with Gasteiger partial charge in [-0.05, 0) is 24.0 Å². The van der Waals surface area contributed by atoms with Gasteiger partial charge in [-0.1, -0.05) is 60.7 Å². The quantitative estimate of drug-likeness (QED) is 0.827. The van der Waals surface area contributed by atoms with Crippen molar-refractivity contribution in [3.8, 4) is 0 Å². The van der Waals surface area contributed by atoms with Gasteiger partial charge in [0, 0.05) is 13.1 Å². The summed E-state index contributed by atoms with van der Waals surface area (Å²) in [5.74, 6) is 0.154. The molecule has 0 spiro atoms. The number of amides is 1. The first kappa shape index (κ1) is 17.7. The van der Waals surface area contributed by atoms with Gasteiger partial charge in [0.25, 0.3) is 0 Å². The molecule has 0 unspecified atom stereocenters. The van der Waals surface area contributed by atoms with E-state index >= 15 is 0 Å². The second kappa shape index (κ2) is 7.83. The third kappa shape index (κ3) is 4.69. The van der Waals surface area contributed by atoms with Crippen LogP contribution in [0.2, 0.25) is 0 Å². The van der Waals surface area contributed by atoms with E-state index in [0.717, 1.165) is 11.1 Å². The highest BCUT2D eigenvalue weighted by Crippen LogP contribution is 2.22. The molecule has 1 saturated heterocycles. The standard InChI is InChI=1S/C20H23NO3S/c22-20(15-17-7-3-1-4-8-17)21-13-11-19(12-14-21)25(23,24)16-18-9-5-2-6-10-18/h1-10,19H,11-16H2. The molecule has 132 valence electrons. The fourth-order valence-corrected chi connectivity index (χ4v) is 5.09. The Kier molecular flexibility index (Phi) is 5.53. The van der Waals surface area contributed by atoms with Crippen LogP contribution in [0.25, 0.3) is 0 Å². The van der Waals surface area contributed by atoms with E-state index in [4.69, 9.17) is 0 Å². The molecule has 0 aromatic heterocycles. The molecule has 2 aromatic carbocycles. The largest absolute Gasteiger partial charge is 0.342 e. The maximum absolute atomic E-state index is 12.6. The fourth-order valence-electron chi connectivity index (χ4n) is 3.27. The molecule has 1 aliphatic rings. The number of sulfone groups is 1. The maximum Gasteiger partial charge on any atom is 0.226 e. The summed E-state index contributed by atoms with van der Waals surface area (Å²) in [6.45, 7) is 1.04. The van der Waals surface area contributed by atoms with Crippen LogP contribution in [0.4, 0.5) is 0 Å². The van der Waals surface area contributed by atoms with E-state index in [1.54, 1.807) is 4.90 Å². The zero-order chi connectivity index (χ0) is 17.7. The topological polar surface area (TPSA) is 54.5 Å². The summed E-state index contributed by atoms with van der Waals surface area (Å²) in [5, 5.41) is -0.353. The highest BCUT2D eigenvalue weighted by molar-refractivity contribution is 7.91. The van der Waals surface area contributed by atoms with Crippen LogP contribution in [-0.2, 0) is 26.8 Å². The zero-order valence-electron chi connectivity index (χ0n) is 14.2. The molecule has 2 aromatic rings. The molecule has 4 nitrogen and oxygen atoms in total. The van der Waals surface area contributed by atoms with Gasteiger partial charge in [0.15, 0.2) is 9.84 Å². The molecule has 0 bridgehead atoms. The molecule has 1 amide bonds. The van der Waals surface area contributed by atoms with E-state index in [1.165, 1.54) is 0 Å². The molecule has 25 heavy (non-hydrogen) atoms. The lowest BCUT2D eigenvalue weighted by molar-refractivity contribution is -0.131. The van der Waals surface area contributed by atoms with Crippen molar-refractivity contribution in [1.82, 2.24) is 4.90 Å². The summed E-state index contributed by atoms with van der Waals surface area (Å²) in [6, 6.07) is 18.9. The number of carbonyl (C=O) groups is 1. The molecule has 1 fully saturated rings. The Morgan fingerprint density at radius 3 is 1.96 bits per heavy atom. The van der Waals surface area contributed by atoms with E-state index in [2.05, 4.69) is 0 Å². The van der Waals surface area contributed by atoms with Crippen molar-refractivity contribution in [2.75, 3.05) is 13.1 Å². The van der Waals surface area contributed by atoms with Crippen molar-refractivity contribution in [2.24, 2.45) is 0 Å². The van der Waals surface area contributed by atoms with Crippen LogP contribution in [-0.4, -0.2) is 37.6 Å². The van der Waals surface area contributed by atoms with E-state index in [-0.39, 0.29) is 16.9 Å². The lowest BCUT2D eigenvalue weighted by Crippen LogP contribution is -2.43. The summed E-state index contributed by atoms with van der Waals surface area (Å²) in [5.41, 5.74) is 1.82. The van der Waals surface area contributed by atoms with Gasteiger partial charge in [-0.25, -0.2) is 8.42 Å². The van der Waals surface area contributed by atoms with Crippen molar-refractivity contribution in [3.05, 3.63) is 71.8 Å². The molecule has 5 heteroatoms. The van der Waals surface area contributed by atoms with Gasteiger partial charge in [0.05, 0.1) is 17.4 Å².